The highest BCUT2D eigenvalue weighted by molar-refractivity contribution is 7.21. The van der Waals surface area contributed by atoms with Crippen LogP contribution in [0.3, 0.4) is 0 Å². The van der Waals surface area contributed by atoms with Crippen LogP contribution in [0.5, 0.6) is 0 Å². The van der Waals surface area contributed by atoms with E-state index in [0.29, 0.717) is 17.1 Å². The molecule has 2 aromatic rings. The summed E-state index contributed by atoms with van der Waals surface area (Å²) in [5, 5.41) is 3.36. The minimum Gasteiger partial charge on any atom is -0.397 e. The number of pyridine rings is 1. The first kappa shape index (κ1) is 15.2. The fourth-order valence-corrected chi connectivity index (χ4v) is 3.16. The number of carbonyl (C=O) groups excluding carboxylic acids is 2. The standard InChI is InChI=1S/C14H18N4O2S/c1-8(12(19)16-2)7-18(3)14(20)11-10(15)9-5-4-6-17-13(9)21-11/h4-6,8H,7,15H2,1-3H3,(H,16,19). The average Bonchev–Trinajstić information content (AvgIpc) is 2.83. The van der Waals surface area contributed by atoms with Gasteiger partial charge in [0.25, 0.3) is 5.91 Å². The van der Waals surface area contributed by atoms with Crippen LogP contribution in [0.15, 0.2) is 18.3 Å². The molecule has 1 unspecified atom stereocenters. The number of thiophene rings is 1. The lowest BCUT2D eigenvalue weighted by Crippen LogP contribution is -2.37. The van der Waals surface area contributed by atoms with Crippen molar-refractivity contribution in [2.24, 2.45) is 5.92 Å². The van der Waals surface area contributed by atoms with Gasteiger partial charge in [0.2, 0.25) is 5.91 Å². The van der Waals surface area contributed by atoms with Crippen molar-refractivity contribution < 1.29 is 9.59 Å². The second kappa shape index (κ2) is 6.09. The molecule has 2 rings (SSSR count). The van der Waals surface area contributed by atoms with Gasteiger partial charge in [-0.1, -0.05) is 6.92 Å². The van der Waals surface area contributed by atoms with E-state index in [4.69, 9.17) is 5.73 Å². The van der Waals surface area contributed by atoms with E-state index in [1.165, 1.54) is 16.2 Å². The zero-order chi connectivity index (χ0) is 15.6. The van der Waals surface area contributed by atoms with Gasteiger partial charge in [-0.05, 0) is 12.1 Å². The maximum atomic E-state index is 12.5. The first-order chi connectivity index (χ1) is 9.95. The van der Waals surface area contributed by atoms with Crippen LogP contribution in [-0.2, 0) is 4.79 Å². The summed E-state index contributed by atoms with van der Waals surface area (Å²) in [4.78, 5) is 30.9. The number of anilines is 1. The Morgan fingerprint density at radius 3 is 2.86 bits per heavy atom. The average molecular weight is 306 g/mol. The molecule has 112 valence electrons. The highest BCUT2D eigenvalue weighted by atomic mass is 32.1. The van der Waals surface area contributed by atoms with Crippen molar-refractivity contribution in [2.75, 3.05) is 26.4 Å². The summed E-state index contributed by atoms with van der Waals surface area (Å²) in [6, 6.07) is 3.63. The van der Waals surface area contributed by atoms with Crippen LogP contribution in [0.1, 0.15) is 16.6 Å². The number of rotatable bonds is 4. The van der Waals surface area contributed by atoms with Gasteiger partial charge in [0.1, 0.15) is 9.71 Å². The third-order valence-corrected chi connectivity index (χ3v) is 4.40. The largest absolute Gasteiger partial charge is 0.397 e. The predicted molar refractivity (Wildman–Crippen MR) is 84.2 cm³/mol. The number of hydrogen-bond acceptors (Lipinski definition) is 5. The molecular weight excluding hydrogens is 288 g/mol. The molecule has 2 amide bonds. The Hall–Kier alpha value is -2.15. The molecule has 2 heterocycles. The predicted octanol–water partition coefficient (Wildman–Crippen LogP) is 1.33. The fraction of sp³-hybridized carbons (Fsp3) is 0.357. The van der Waals surface area contributed by atoms with Gasteiger partial charge in [-0.25, -0.2) is 4.98 Å². The van der Waals surface area contributed by atoms with Crippen LogP contribution >= 0.6 is 11.3 Å². The molecule has 0 aliphatic carbocycles. The molecule has 0 saturated heterocycles. The Morgan fingerprint density at radius 2 is 2.24 bits per heavy atom. The molecule has 2 aromatic heterocycles. The number of nitrogens with two attached hydrogens (primary N) is 1. The normalized spacial score (nSPS) is 12.1. The molecule has 1 atom stereocenters. The van der Waals surface area contributed by atoms with Gasteiger partial charge in [0, 0.05) is 32.2 Å². The van der Waals surface area contributed by atoms with Gasteiger partial charge >= 0.3 is 0 Å². The smallest absolute Gasteiger partial charge is 0.265 e. The molecule has 0 bridgehead atoms. The van der Waals surface area contributed by atoms with Crippen LogP contribution in [0, 0.1) is 5.92 Å². The van der Waals surface area contributed by atoms with E-state index in [2.05, 4.69) is 10.3 Å². The first-order valence-corrected chi connectivity index (χ1v) is 7.37. The van der Waals surface area contributed by atoms with E-state index in [1.807, 2.05) is 6.07 Å². The SMILES string of the molecule is CNC(=O)C(C)CN(C)C(=O)c1sc2ncccc2c1N. The molecular formula is C14H18N4O2S. The number of amides is 2. The van der Waals surface area contributed by atoms with Crippen LogP contribution in [-0.4, -0.2) is 42.3 Å². The molecule has 0 radical (unpaired) electrons. The quantitative estimate of drug-likeness (QED) is 0.892. The van der Waals surface area contributed by atoms with Crippen molar-refractivity contribution in [1.82, 2.24) is 15.2 Å². The van der Waals surface area contributed by atoms with Gasteiger partial charge in [-0.3, -0.25) is 9.59 Å². The second-order valence-corrected chi connectivity index (χ2v) is 5.90. The monoisotopic (exact) mass is 306 g/mol. The van der Waals surface area contributed by atoms with Crippen molar-refractivity contribution in [3.63, 3.8) is 0 Å². The maximum absolute atomic E-state index is 12.5. The van der Waals surface area contributed by atoms with E-state index < -0.39 is 0 Å². The lowest BCUT2D eigenvalue weighted by atomic mass is 10.1. The summed E-state index contributed by atoms with van der Waals surface area (Å²) < 4.78 is 0. The van der Waals surface area contributed by atoms with E-state index in [9.17, 15) is 9.59 Å². The summed E-state index contributed by atoms with van der Waals surface area (Å²) in [6.07, 6.45) is 1.67. The molecule has 0 fully saturated rings. The van der Waals surface area contributed by atoms with Crippen molar-refractivity contribution >= 4 is 39.1 Å². The number of nitrogen functional groups attached to an aromatic ring is 1. The fourth-order valence-electron chi connectivity index (χ4n) is 2.11. The lowest BCUT2D eigenvalue weighted by Gasteiger charge is -2.20. The zero-order valence-corrected chi connectivity index (χ0v) is 13.0. The third-order valence-electron chi connectivity index (χ3n) is 3.29. The Balaban J connectivity index is 2.22. The first-order valence-electron chi connectivity index (χ1n) is 6.55. The highest BCUT2D eigenvalue weighted by Gasteiger charge is 2.23. The third kappa shape index (κ3) is 2.97. The molecule has 6 nitrogen and oxygen atoms in total. The topological polar surface area (TPSA) is 88.3 Å². The molecule has 0 aliphatic rings. The Kier molecular flexibility index (Phi) is 4.42. The molecule has 7 heteroatoms. The van der Waals surface area contributed by atoms with E-state index in [1.54, 1.807) is 33.3 Å². The summed E-state index contributed by atoms with van der Waals surface area (Å²) in [7, 11) is 3.25. The molecule has 0 spiro atoms. The minimum atomic E-state index is -0.280. The van der Waals surface area contributed by atoms with Gasteiger partial charge < -0.3 is 16.0 Å². The lowest BCUT2D eigenvalue weighted by molar-refractivity contribution is -0.124. The van der Waals surface area contributed by atoms with Crippen molar-refractivity contribution in [3.8, 4) is 0 Å². The summed E-state index contributed by atoms with van der Waals surface area (Å²) in [5.41, 5.74) is 6.49. The molecule has 3 N–H and O–H groups in total. The maximum Gasteiger partial charge on any atom is 0.265 e. The van der Waals surface area contributed by atoms with Crippen LogP contribution in [0.4, 0.5) is 5.69 Å². The van der Waals surface area contributed by atoms with Gasteiger partial charge in [0.05, 0.1) is 11.6 Å². The van der Waals surface area contributed by atoms with Crippen molar-refractivity contribution in [1.29, 1.82) is 0 Å². The second-order valence-electron chi connectivity index (χ2n) is 4.90. The number of carbonyl (C=O) groups is 2. The Bertz CT molecular complexity index is 683. The molecule has 21 heavy (non-hydrogen) atoms. The van der Waals surface area contributed by atoms with Crippen LogP contribution < -0.4 is 11.1 Å². The summed E-state index contributed by atoms with van der Waals surface area (Å²) in [6.45, 7) is 2.11. The number of aromatic nitrogens is 1. The number of nitrogens with one attached hydrogen (secondary N) is 1. The van der Waals surface area contributed by atoms with Crippen LogP contribution in [0.25, 0.3) is 10.2 Å². The number of fused-ring (bicyclic) bond motifs is 1. The van der Waals surface area contributed by atoms with Gasteiger partial charge in [0.15, 0.2) is 0 Å². The highest BCUT2D eigenvalue weighted by Crippen LogP contribution is 2.32. The van der Waals surface area contributed by atoms with Gasteiger partial charge in [-0.15, -0.1) is 11.3 Å². The van der Waals surface area contributed by atoms with Gasteiger partial charge in [-0.2, -0.15) is 0 Å². The number of nitrogens with zero attached hydrogens (tertiary/aromatic N) is 2. The molecule has 0 aliphatic heterocycles. The van der Waals surface area contributed by atoms with Crippen molar-refractivity contribution in [3.05, 3.63) is 23.2 Å². The summed E-state index contributed by atoms with van der Waals surface area (Å²) >= 11 is 1.27. The van der Waals surface area contributed by atoms with Crippen molar-refractivity contribution in [2.45, 2.75) is 6.92 Å². The van der Waals surface area contributed by atoms with E-state index in [0.717, 1.165) is 10.2 Å². The minimum absolute atomic E-state index is 0.0966. The van der Waals surface area contributed by atoms with E-state index in [-0.39, 0.29) is 17.7 Å². The Morgan fingerprint density at radius 1 is 1.52 bits per heavy atom. The molecule has 0 saturated carbocycles. The Labute approximate surface area is 127 Å². The van der Waals surface area contributed by atoms with Crippen LogP contribution in [0.2, 0.25) is 0 Å². The summed E-state index contributed by atoms with van der Waals surface area (Å²) in [5.74, 6) is -0.565. The molecule has 0 aromatic carbocycles. The van der Waals surface area contributed by atoms with E-state index >= 15 is 0 Å². The zero-order valence-electron chi connectivity index (χ0n) is 12.2. The number of hydrogen-bond donors (Lipinski definition) is 2.